The Hall–Kier alpha value is -0.733. The molecule has 6 nitrogen and oxygen atoms in total. The molecule has 0 aliphatic rings. The van der Waals surface area contributed by atoms with Crippen LogP contribution in [0.2, 0.25) is 0 Å². The van der Waals surface area contributed by atoms with Crippen molar-refractivity contribution in [2.45, 2.75) is 39.1 Å². The summed E-state index contributed by atoms with van der Waals surface area (Å²) in [6.07, 6.45) is 0.234. The third-order valence-corrected chi connectivity index (χ3v) is 5.89. The molecule has 2 atom stereocenters. The summed E-state index contributed by atoms with van der Waals surface area (Å²) in [5, 5.41) is 3.15. The van der Waals surface area contributed by atoms with Crippen LogP contribution in [-0.4, -0.2) is 48.0 Å². The quantitative estimate of drug-likeness (QED) is 0.298. The van der Waals surface area contributed by atoms with Gasteiger partial charge in [0, 0.05) is 26.9 Å². The Morgan fingerprint density at radius 1 is 1.26 bits per heavy atom. The minimum atomic E-state index is -2.81. The maximum atomic E-state index is 11.4. The Balaban J connectivity index is 4.71. The van der Waals surface area contributed by atoms with Gasteiger partial charge in [-0.05, 0) is 20.3 Å². The van der Waals surface area contributed by atoms with Gasteiger partial charge in [-0.2, -0.15) is 0 Å². The molecule has 0 saturated carbocycles. The molecule has 1 N–H and O–H groups in total. The normalized spacial score (nSPS) is 14.8. The molecule has 0 heterocycles. The monoisotopic (exact) mass is 291 g/mol. The van der Waals surface area contributed by atoms with Crippen LogP contribution in [-0.2, 0) is 22.8 Å². The van der Waals surface area contributed by atoms with Crippen molar-refractivity contribution < 1.29 is 22.8 Å². The zero-order valence-electron chi connectivity index (χ0n) is 12.6. The van der Waals surface area contributed by atoms with E-state index in [9.17, 15) is 4.79 Å². The van der Waals surface area contributed by atoms with Crippen LogP contribution in [0.4, 0.5) is 0 Å². The standard InChI is InChI=1S/C12H25NO5Si/c1-8-11(19(15-5,16-6)17-7)13-10(4)18-12(14)9(2)3/h10-11,13H,2,8H2,1,3-7H3. The fraction of sp³-hybridized carbons (Fsp3) is 0.750. The molecule has 2 unspecified atom stereocenters. The molecular formula is C12H25NO5Si. The first kappa shape index (κ1) is 18.3. The third-order valence-electron chi connectivity index (χ3n) is 2.76. The van der Waals surface area contributed by atoms with E-state index in [1.54, 1.807) is 35.2 Å². The molecule has 0 bridgehead atoms. The molecule has 0 saturated heterocycles. The van der Waals surface area contributed by atoms with Crippen molar-refractivity contribution in [2.75, 3.05) is 21.3 Å². The van der Waals surface area contributed by atoms with Gasteiger partial charge in [0.15, 0.2) is 6.23 Å². The first-order valence-electron chi connectivity index (χ1n) is 6.14. The molecule has 0 aromatic rings. The highest BCUT2D eigenvalue weighted by atomic mass is 28.4. The van der Waals surface area contributed by atoms with Crippen molar-refractivity contribution in [1.29, 1.82) is 0 Å². The predicted octanol–water partition coefficient (Wildman–Crippen LogP) is 1.24. The smallest absolute Gasteiger partial charge is 0.444 e. The molecule has 0 radical (unpaired) electrons. The van der Waals surface area contributed by atoms with Crippen LogP contribution in [0.1, 0.15) is 27.2 Å². The van der Waals surface area contributed by atoms with Gasteiger partial charge in [0.05, 0.1) is 5.67 Å². The van der Waals surface area contributed by atoms with Crippen LogP contribution >= 0.6 is 0 Å². The van der Waals surface area contributed by atoms with E-state index in [1.165, 1.54) is 0 Å². The minimum Gasteiger partial charge on any atom is -0.444 e. The summed E-state index contributed by atoms with van der Waals surface area (Å²) in [5.41, 5.74) is 0.191. The summed E-state index contributed by atoms with van der Waals surface area (Å²) in [6, 6.07) is 0. The van der Waals surface area contributed by atoms with Crippen molar-refractivity contribution >= 4 is 14.8 Å². The number of rotatable bonds is 9. The summed E-state index contributed by atoms with van der Waals surface area (Å²) in [7, 11) is 1.84. The Kier molecular flexibility index (Phi) is 8.11. The van der Waals surface area contributed by atoms with E-state index in [1.807, 2.05) is 6.92 Å². The van der Waals surface area contributed by atoms with Crippen LogP contribution in [0.15, 0.2) is 12.2 Å². The van der Waals surface area contributed by atoms with Crippen LogP contribution in [0.3, 0.4) is 0 Å². The molecule has 112 valence electrons. The van der Waals surface area contributed by atoms with Crippen molar-refractivity contribution in [2.24, 2.45) is 0 Å². The molecular weight excluding hydrogens is 266 g/mol. The lowest BCUT2D eigenvalue weighted by Gasteiger charge is -2.33. The highest BCUT2D eigenvalue weighted by Gasteiger charge is 2.47. The average Bonchev–Trinajstić information content (AvgIpc) is 2.39. The maximum absolute atomic E-state index is 11.4. The summed E-state index contributed by atoms with van der Waals surface area (Å²) in [4.78, 5) is 11.4. The minimum absolute atomic E-state index is 0.166. The number of hydrogen-bond acceptors (Lipinski definition) is 6. The molecule has 0 aromatic heterocycles. The predicted molar refractivity (Wildman–Crippen MR) is 74.4 cm³/mol. The van der Waals surface area contributed by atoms with E-state index in [0.29, 0.717) is 5.57 Å². The molecule has 7 heteroatoms. The number of nitrogens with one attached hydrogen (secondary N) is 1. The summed E-state index contributed by atoms with van der Waals surface area (Å²) < 4.78 is 21.4. The summed E-state index contributed by atoms with van der Waals surface area (Å²) >= 11 is 0. The molecule has 0 amide bonds. The second kappa shape index (κ2) is 8.44. The zero-order valence-corrected chi connectivity index (χ0v) is 13.6. The van der Waals surface area contributed by atoms with Crippen molar-refractivity contribution in [3.05, 3.63) is 12.2 Å². The molecule has 0 aromatic carbocycles. The van der Waals surface area contributed by atoms with Gasteiger partial charge in [0.1, 0.15) is 0 Å². The number of carbonyl (C=O) groups excluding carboxylic acids is 1. The van der Waals surface area contributed by atoms with Crippen molar-refractivity contribution in [3.8, 4) is 0 Å². The van der Waals surface area contributed by atoms with Gasteiger partial charge in [0.2, 0.25) is 0 Å². The highest BCUT2D eigenvalue weighted by molar-refractivity contribution is 6.62. The van der Waals surface area contributed by atoms with E-state index in [2.05, 4.69) is 11.9 Å². The number of esters is 1. The van der Waals surface area contributed by atoms with Gasteiger partial charge in [-0.1, -0.05) is 13.5 Å². The zero-order chi connectivity index (χ0) is 15.1. The number of hydrogen-bond donors (Lipinski definition) is 1. The van der Waals surface area contributed by atoms with E-state index < -0.39 is 21.0 Å². The van der Waals surface area contributed by atoms with E-state index in [-0.39, 0.29) is 5.67 Å². The lowest BCUT2D eigenvalue weighted by molar-refractivity contribution is -0.145. The van der Waals surface area contributed by atoms with Crippen LogP contribution in [0.5, 0.6) is 0 Å². The molecule has 0 rings (SSSR count). The fourth-order valence-corrected chi connectivity index (χ4v) is 4.02. The molecule has 0 aliphatic heterocycles. The van der Waals surface area contributed by atoms with Gasteiger partial charge < -0.3 is 18.0 Å². The highest BCUT2D eigenvalue weighted by Crippen LogP contribution is 2.15. The number of ether oxygens (including phenoxy) is 1. The second-order valence-electron chi connectivity index (χ2n) is 4.17. The lowest BCUT2D eigenvalue weighted by atomic mass is 10.4. The van der Waals surface area contributed by atoms with E-state index in [0.717, 1.165) is 6.42 Å². The van der Waals surface area contributed by atoms with Gasteiger partial charge in [-0.15, -0.1) is 0 Å². The molecule has 19 heavy (non-hydrogen) atoms. The number of carbonyl (C=O) groups is 1. The van der Waals surface area contributed by atoms with Crippen molar-refractivity contribution in [3.63, 3.8) is 0 Å². The van der Waals surface area contributed by atoms with Crippen LogP contribution < -0.4 is 5.32 Å². The van der Waals surface area contributed by atoms with E-state index >= 15 is 0 Å². The molecule has 0 spiro atoms. The largest absolute Gasteiger partial charge is 0.518 e. The topological polar surface area (TPSA) is 66.0 Å². The Labute approximate surface area is 116 Å². The molecule has 0 fully saturated rings. The van der Waals surface area contributed by atoms with Crippen LogP contribution in [0.25, 0.3) is 0 Å². The van der Waals surface area contributed by atoms with Gasteiger partial charge in [-0.3, -0.25) is 5.32 Å². The van der Waals surface area contributed by atoms with Crippen LogP contribution in [0, 0.1) is 0 Å². The average molecular weight is 291 g/mol. The summed E-state index contributed by atoms with van der Waals surface area (Å²) in [5.74, 6) is -0.436. The first-order chi connectivity index (χ1) is 8.86. The Bertz CT molecular complexity index is 298. The van der Waals surface area contributed by atoms with Gasteiger partial charge in [0.25, 0.3) is 0 Å². The lowest BCUT2D eigenvalue weighted by Crippen LogP contribution is -2.62. The van der Waals surface area contributed by atoms with Crippen molar-refractivity contribution in [1.82, 2.24) is 5.32 Å². The second-order valence-corrected chi connectivity index (χ2v) is 7.30. The molecule has 0 aliphatic carbocycles. The SMILES string of the molecule is C=C(C)C(=O)OC(C)NC(CC)[Si](OC)(OC)OC. The third kappa shape index (κ3) is 5.04. The van der Waals surface area contributed by atoms with Gasteiger partial charge >= 0.3 is 14.8 Å². The van der Waals surface area contributed by atoms with E-state index in [4.69, 9.17) is 18.0 Å². The van der Waals surface area contributed by atoms with Gasteiger partial charge in [-0.25, -0.2) is 4.79 Å². The Morgan fingerprint density at radius 3 is 2.05 bits per heavy atom. The Morgan fingerprint density at radius 2 is 1.74 bits per heavy atom. The maximum Gasteiger partial charge on any atom is 0.518 e. The fourth-order valence-electron chi connectivity index (χ4n) is 1.73. The summed E-state index contributed by atoms with van der Waals surface area (Å²) in [6.45, 7) is 8.85. The first-order valence-corrected chi connectivity index (χ1v) is 7.95.